The van der Waals surface area contributed by atoms with Gasteiger partial charge in [-0.15, -0.1) is 0 Å². The van der Waals surface area contributed by atoms with Crippen molar-refractivity contribution in [1.29, 1.82) is 5.41 Å². The molecule has 0 unspecified atom stereocenters. The smallest absolute Gasteiger partial charge is 0.237 e. The number of benzene rings is 2. The first-order chi connectivity index (χ1) is 12.0. The van der Waals surface area contributed by atoms with Crippen molar-refractivity contribution >= 4 is 34.9 Å². The number of carbonyl (C=O) groups excluding carboxylic acids is 1. The van der Waals surface area contributed by atoms with Gasteiger partial charge in [0.15, 0.2) is 0 Å². The summed E-state index contributed by atoms with van der Waals surface area (Å²) in [5, 5.41) is 12.8. The van der Waals surface area contributed by atoms with Gasteiger partial charge in [0.05, 0.1) is 22.8 Å². The van der Waals surface area contributed by atoms with Crippen LogP contribution in [0.1, 0.15) is 31.7 Å². The lowest BCUT2D eigenvalue weighted by Crippen LogP contribution is -2.28. The Balaban J connectivity index is 1.64. The van der Waals surface area contributed by atoms with Gasteiger partial charge >= 0.3 is 0 Å². The molecule has 1 saturated heterocycles. The van der Waals surface area contributed by atoms with Gasteiger partial charge in [0.1, 0.15) is 5.84 Å². The largest absolute Gasteiger partial charge is 0.349 e. The van der Waals surface area contributed by atoms with E-state index in [0.717, 1.165) is 26.9 Å². The molecule has 2 aliphatic heterocycles. The molecular weight excluding hydrogens is 330 g/mol. The van der Waals surface area contributed by atoms with Crippen LogP contribution in [-0.2, 0) is 4.79 Å². The molecule has 0 atom stereocenters. The van der Waals surface area contributed by atoms with Gasteiger partial charge in [0, 0.05) is 10.5 Å². The van der Waals surface area contributed by atoms with Crippen molar-refractivity contribution in [3.8, 4) is 0 Å². The maximum Gasteiger partial charge on any atom is 0.237 e. The number of thioether (sulfide) groups is 1. The molecule has 4 rings (SSSR count). The van der Waals surface area contributed by atoms with Gasteiger partial charge < -0.3 is 5.32 Å². The Morgan fingerprint density at radius 3 is 2.52 bits per heavy atom. The van der Waals surface area contributed by atoms with Crippen LogP contribution in [0.2, 0.25) is 0 Å². The number of amides is 1. The van der Waals surface area contributed by atoms with Crippen molar-refractivity contribution in [3.05, 3.63) is 64.7 Å². The summed E-state index contributed by atoms with van der Waals surface area (Å²) in [6, 6.07) is 16.0. The highest BCUT2D eigenvalue weighted by molar-refractivity contribution is 8.03. The predicted octanol–water partition coefficient (Wildman–Crippen LogP) is 4.95. The second-order valence-electron chi connectivity index (χ2n) is 6.53. The van der Waals surface area contributed by atoms with Crippen molar-refractivity contribution in [3.63, 3.8) is 0 Å². The molecule has 25 heavy (non-hydrogen) atoms. The highest BCUT2D eigenvalue weighted by atomic mass is 32.2. The van der Waals surface area contributed by atoms with E-state index in [2.05, 4.69) is 19.2 Å². The maximum atomic E-state index is 12.6. The second kappa shape index (κ2) is 6.08. The van der Waals surface area contributed by atoms with Crippen LogP contribution in [0.3, 0.4) is 0 Å². The Labute approximate surface area is 151 Å². The molecule has 1 fully saturated rings. The van der Waals surface area contributed by atoms with Gasteiger partial charge in [-0.3, -0.25) is 15.1 Å². The van der Waals surface area contributed by atoms with Crippen molar-refractivity contribution in [2.75, 3.05) is 10.2 Å². The number of para-hydroxylation sites is 1. The summed E-state index contributed by atoms with van der Waals surface area (Å²) in [6.45, 7) is 4.28. The summed E-state index contributed by atoms with van der Waals surface area (Å²) in [7, 11) is 0. The molecule has 2 heterocycles. The molecule has 1 amide bonds. The summed E-state index contributed by atoms with van der Waals surface area (Å²) < 4.78 is 0. The lowest BCUT2D eigenvalue weighted by atomic mass is 10.0. The minimum Gasteiger partial charge on any atom is -0.349 e. The van der Waals surface area contributed by atoms with Crippen LogP contribution in [-0.4, -0.2) is 11.7 Å². The van der Waals surface area contributed by atoms with Gasteiger partial charge in [-0.2, -0.15) is 0 Å². The molecule has 0 aromatic heterocycles. The van der Waals surface area contributed by atoms with Crippen LogP contribution in [0.25, 0.3) is 0 Å². The van der Waals surface area contributed by atoms with E-state index in [0.29, 0.717) is 5.92 Å². The lowest BCUT2D eigenvalue weighted by molar-refractivity contribution is -0.116. The lowest BCUT2D eigenvalue weighted by Gasteiger charge is -2.17. The average Bonchev–Trinajstić information content (AvgIpc) is 3.15. The number of fused-ring (bicyclic) bond motifs is 1. The molecule has 5 heteroatoms. The molecule has 0 bridgehead atoms. The van der Waals surface area contributed by atoms with Crippen LogP contribution in [0.4, 0.5) is 11.4 Å². The average molecular weight is 349 g/mol. The third-order valence-corrected chi connectivity index (χ3v) is 5.65. The monoisotopic (exact) mass is 349 g/mol. The third-order valence-electron chi connectivity index (χ3n) is 4.53. The number of hydrogen-bond donors (Lipinski definition) is 2. The normalized spacial score (nSPS) is 19.6. The van der Waals surface area contributed by atoms with Crippen LogP contribution in [0.5, 0.6) is 0 Å². The molecular formula is C20H19N3OS. The van der Waals surface area contributed by atoms with Gasteiger partial charge in [-0.25, -0.2) is 0 Å². The van der Waals surface area contributed by atoms with Crippen LogP contribution >= 0.6 is 11.8 Å². The molecule has 0 saturated carbocycles. The number of nitrogens with one attached hydrogen (secondary N) is 2. The van der Waals surface area contributed by atoms with Gasteiger partial charge in [-0.05, 0) is 35.7 Å². The van der Waals surface area contributed by atoms with E-state index in [4.69, 9.17) is 5.41 Å². The number of amidine groups is 1. The Hall–Kier alpha value is -2.53. The van der Waals surface area contributed by atoms with E-state index in [1.54, 1.807) is 11.8 Å². The quantitative estimate of drug-likeness (QED) is 0.806. The van der Waals surface area contributed by atoms with E-state index in [-0.39, 0.29) is 18.2 Å². The van der Waals surface area contributed by atoms with Gasteiger partial charge in [0.2, 0.25) is 5.91 Å². The summed E-state index contributed by atoms with van der Waals surface area (Å²) in [6.07, 6.45) is 0.258. The summed E-state index contributed by atoms with van der Waals surface area (Å²) in [4.78, 5) is 15.2. The first-order valence-electron chi connectivity index (χ1n) is 8.33. The first kappa shape index (κ1) is 16.0. The molecule has 126 valence electrons. The van der Waals surface area contributed by atoms with E-state index in [1.165, 1.54) is 10.5 Å². The highest BCUT2D eigenvalue weighted by Gasteiger charge is 2.35. The van der Waals surface area contributed by atoms with Crippen LogP contribution < -0.4 is 10.2 Å². The number of carbonyl (C=O) groups is 1. The molecule has 2 aromatic carbocycles. The zero-order chi connectivity index (χ0) is 17.6. The fourth-order valence-electron chi connectivity index (χ4n) is 3.10. The second-order valence-corrected chi connectivity index (χ2v) is 7.58. The zero-order valence-electron chi connectivity index (χ0n) is 14.2. The summed E-state index contributed by atoms with van der Waals surface area (Å²) in [5.41, 5.74) is 3.79. The highest BCUT2D eigenvalue weighted by Crippen LogP contribution is 2.44. The fourth-order valence-corrected chi connectivity index (χ4v) is 4.15. The van der Waals surface area contributed by atoms with Crippen molar-refractivity contribution < 1.29 is 4.79 Å². The molecule has 4 nitrogen and oxygen atoms in total. The standard InChI is InChI=1S/C20H19N3OS/c1-12(2)13-7-9-14(10-8-13)23-18(24)11-15(19(23)21)20-22-16-5-3-4-6-17(16)25-20/h3-10,12,21-22H,11H2,1-2H3. The minimum atomic E-state index is -0.0526. The Morgan fingerprint density at radius 1 is 1.12 bits per heavy atom. The Kier molecular flexibility index (Phi) is 3.88. The van der Waals surface area contributed by atoms with Gasteiger partial charge in [-0.1, -0.05) is 49.9 Å². The number of anilines is 2. The SMILES string of the molecule is CC(C)c1ccc(N2C(=N)C(=C3Nc4ccccc4S3)CC2=O)cc1. The van der Waals surface area contributed by atoms with Gasteiger partial charge in [0.25, 0.3) is 0 Å². The molecule has 2 aromatic rings. The fraction of sp³-hybridized carbons (Fsp3) is 0.200. The van der Waals surface area contributed by atoms with Crippen molar-refractivity contribution in [1.82, 2.24) is 0 Å². The molecule has 0 spiro atoms. The van der Waals surface area contributed by atoms with Crippen molar-refractivity contribution in [2.45, 2.75) is 31.1 Å². The number of nitrogens with zero attached hydrogens (tertiary/aromatic N) is 1. The summed E-state index contributed by atoms with van der Waals surface area (Å²) in [5.74, 6) is 0.659. The van der Waals surface area contributed by atoms with E-state index in [9.17, 15) is 4.79 Å². The van der Waals surface area contributed by atoms with Crippen LogP contribution in [0.15, 0.2) is 64.0 Å². The molecule has 2 aliphatic rings. The zero-order valence-corrected chi connectivity index (χ0v) is 15.0. The van der Waals surface area contributed by atoms with E-state index >= 15 is 0 Å². The first-order valence-corrected chi connectivity index (χ1v) is 9.15. The predicted molar refractivity (Wildman–Crippen MR) is 103 cm³/mol. The molecule has 2 N–H and O–H groups in total. The third kappa shape index (κ3) is 2.74. The number of rotatable bonds is 2. The summed E-state index contributed by atoms with van der Waals surface area (Å²) >= 11 is 1.59. The minimum absolute atomic E-state index is 0.0526. The number of hydrogen-bond acceptors (Lipinski definition) is 4. The Bertz CT molecular complexity index is 872. The van der Waals surface area contributed by atoms with Crippen molar-refractivity contribution in [2.24, 2.45) is 0 Å². The van der Waals surface area contributed by atoms with Crippen LogP contribution in [0, 0.1) is 5.41 Å². The maximum absolute atomic E-state index is 12.6. The molecule has 0 aliphatic carbocycles. The van der Waals surface area contributed by atoms with E-state index < -0.39 is 0 Å². The Morgan fingerprint density at radius 2 is 1.84 bits per heavy atom. The van der Waals surface area contributed by atoms with E-state index in [1.807, 2.05) is 48.5 Å². The molecule has 0 radical (unpaired) electrons. The topological polar surface area (TPSA) is 56.2 Å².